The third-order valence-electron chi connectivity index (χ3n) is 4.90. The van der Waals surface area contributed by atoms with Crippen molar-refractivity contribution >= 4 is 11.6 Å². The SMILES string of the molecule is Fc1cc(Cl)ccc1-c1ccc(-c2ccc(OCCN3CCCC3)cc2)nn1. The highest BCUT2D eigenvalue weighted by atomic mass is 35.5. The minimum absolute atomic E-state index is 0.355. The van der Waals surface area contributed by atoms with Gasteiger partial charge in [0.1, 0.15) is 18.2 Å². The Balaban J connectivity index is 1.39. The zero-order valence-electron chi connectivity index (χ0n) is 15.4. The molecule has 0 radical (unpaired) electrons. The molecule has 1 fully saturated rings. The highest BCUT2D eigenvalue weighted by Gasteiger charge is 2.11. The molecule has 0 spiro atoms. The molecule has 0 amide bonds. The van der Waals surface area contributed by atoms with Crippen molar-refractivity contribution in [1.82, 2.24) is 15.1 Å². The maximum atomic E-state index is 14.0. The van der Waals surface area contributed by atoms with Gasteiger partial charge < -0.3 is 4.74 Å². The van der Waals surface area contributed by atoms with Crippen molar-refractivity contribution < 1.29 is 9.13 Å². The molecule has 1 saturated heterocycles. The summed E-state index contributed by atoms with van der Waals surface area (Å²) < 4.78 is 19.9. The summed E-state index contributed by atoms with van der Waals surface area (Å²) in [6.45, 7) is 4.02. The number of likely N-dealkylation sites (tertiary alicyclic amines) is 1. The van der Waals surface area contributed by atoms with Crippen LogP contribution in [0.3, 0.4) is 0 Å². The van der Waals surface area contributed by atoms with Gasteiger partial charge in [0, 0.05) is 22.7 Å². The van der Waals surface area contributed by atoms with E-state index in [2.05, 4.69) is 15.1 Å². The molecule has 0 saturated carbocycles. The van der Waals surface area contributed by atoms with Crippen molar-refractivity contribution in [2.75, 3.05) is 26.2 Å². The summed E-state index contributed by atoms with van der Waals surface area (Å²) in [5, 5.41) is 8.75. The Morgan fingerprint density at radius 3 is 2.32 bits per heavy atom. The van der Waals surface area contributed by atoms with E-state index in [1.807, 2.05) is 30.3 Å². The van der Waals surface area contributed by atoms with Gasteiger partial charge in [-0.3, -0.25) is 4.90 Å². The summed E-state index contributed by atoms with van der Waals surface area (Å²) in [6.07, 6.45) is 2.58. The smallest absolute Gasteiger partial charge is 0.134 e. The van der Waals surface area contributed by atoms with Crippen molar-refractivity contribution in [3.8, 4) is 28.3 Å². The summed E-state index contributed by atoms with van der Waals surface area (Å²) in [6, 6.07) is 15.9. The molecular formula is C22H21ClFN3O. The van der Waals surface area contributed by atoms with E-state index < -0.39 is 5.82 Å². The monoisotopic (exact) mass is 397 g/mol. The minimum atomic E-state index is -0.412. The molecule has 6 heteroatoms. The summed E-state index contributed by atoms with van der Waals surface area (Å²) >= 11 is 5.80. The Hall–Kier alpha value is -2.50. The maximum Gasteiger partial charge on any atom is 0.134 e. The maximum absolute atomic E-state index is 14.0. The van der Waals surface area contributed by atoms with Crippen LogP contribution in [0.1, 0.15) is 12.8 Å². The molecule has 1 aromatic heterocycles. The Morgan fingerprint density at radius 1 is 0.929 bits per heavy atom. The zero-order chi connectivity index (χ0) is 19.3. The Morgan fingerprint density at radius 2 is 1.64 bits per heavy atom. The lowest BCUT2D eigenvalue weighted by Crippen LogP contribution is -2.25. The van der Waals surface area contributed by atoms with Crippen molar-refractivity contribution in [2.24, 2.45) is 0 Å². The molecule has 1 aliphatic heterocycles. The molecular weight excluding hydrogens is 377 g/mol. The lowest BCUT2D eigenvalue weighted by molar-refractivity contribution is 0.238. The average molecular weight is 398 g/mol. The largest absolute Gasteiger partial charge is 0.492 e. The topological polar surface area (TPSA) is 38.2 Å². The van der Waals surface area contributed by atoms with Crippen molar-refractivity contribution in [1.29, 1.82) is 0 Å². The third-order valence-corrected chi connectivity index (χ3v) is 5.13. The molecule has 4 nitrogen and oxygen atoms in total. The van der Waals surface area contributed by atoms with Gasteiger partial charge in [-0.15, -0.1) is 10.2 Å². The summed E-state index contributed by atoms with van der Waals surface area (Å²) in [5.74, 6) is 0.431. The van der Waals surface area contributed by atoms with Crippen molar-refractivity contribution in [2.45, 2.75) is 12.8 Å². The average Bonchev–Trinajstić information content (AvgIpc) is 3.22. The summed E-state index contributed by atoms with van der Waals surface area (Å²) in [5.41, 5.74) is 2.51. The number of ether oxygens (including phenoxy) is 1. The van der Waals surface area contributed by atoms with Crippen LogP contribution < -0.4 is 4.74 Å². The van der Waals surface area contributed by atoms with Crippen LogP contribution in [0.25, 0.3) is 22.5 Å². The second-order valence-electron chi connectivity index (χ2n) is 6.85. The first-order valence-corrected chi connectivity index (χ1v) is 9.81. The lowest BCUT2D eigenvalue weighted by Gasteiger charge is -2.15. The first-order chi connectivity index (χ1) is 13.7. The molecule has 2 heterocycles. The van der Waals surface area contributed by atoms with Crippen molar-refractivity contribution in [3.63, 3.8) is 0 Å². The van der Waals surface area contributed by atoms with Crippen LogP contribution in [0.4, 0.5) is 4.39 Å². The van der Waals surface area contributed by atoms with Crippen molar-refractivity contribution in [3.05, 3.63) is 65.4 Å². The van der Waals surface area contributed by atoms with E-state index in [4.69, 9.17) is 16.3 Å². The van der Waals surface area contributed by atoms with Gasteiger partial charge >= 0.3 is 0 Å². The molecule has 0 aliphatic carbocycles. The Bertz CT molecular complexity index is 926. The van der Waals surface area contributed by atoms with Gasteiger partial charge in [-0.2, -0.15) is 0 Å². The van der Waals surface area contributed by atoms with Crippen LogP contribution in [0.2, 0.25) is 5.02 Å². The zero-order valence-corrected chi connectivity index (χ0v) is 16.2. The number of hydrogen-bond donors (Lipinski definition) is 0. The normalized spacial score (nSPS) is 14.4. The number of nitrogens with zero attached hydrogens (tertiary/aromatic N) is 3. The van der Waals surface area contributed by atoms with Gasteiger partial charge in [0.25, 0.3) is 0 Å². The Labute approximate surface area is 168 Å². The molecule has 0 bridgehead atoms. The van der Waals surface area contributed by atoms with Gasteiger partial charge in [0.2, 0.25) is 0 Å². The molecule has 144 valence electrons. The van der Waals surface area contributed by atoms with E-state index in [0.29, 0.717) is 22.9 Å². The van der Waals surface area contributed by atoms with Crippen LogP contribution >= 0.6 is 11.6 Å². The number of halogens is 2. The minimum Gasteiger partial charge on any atom is -0.492 e. The van der Waals surface area contributed by atoms with E-state index in [1.165, 1.54) is 32.0 Å². The molecule has 28 heavy (non-hydrogen) atoms. The molecule has 1 aliphatic rings. The highest BCUT2D eigenvalue weighted by molar-refractivity contribution is 6.30. The molecule has 3 aromatic rings. The molecule has 4 rings (SSSR count). The van der Waals surface area contributed by atoms with Crippen LogP contribution in [0.15, 0.2) is 54.6 Å². The fraction of sp³-hybridized carbons (Fsp3) is 0.273. The van der Waals surface area contributed by atoms with Gasteiger partial charge in [0.15, 0.2) is 0 Å². The fourth-order valence-electron chi connectivity index (χ4n) is 3.35. The number of aromatic nitrogens is 2. The van der Waals surface area contributed by atoms with Crippen LogP contribution in [-0.2, 0) is 0 Å². The molecule has 0 atom stereocenters. The van der Waals surface area contributed by atoms with E-state index in [-0.39, 0.29) is 0 Å². The quantitative estimate of drug-likeness (QED) is 0.581. The van der Waals surface area contributed by atoms with Gasteiger partial charge in [-0.1, -0.05) is 11.6 Å². The molecule has 0 N–H and O–H groups in total. The number of benzene rings is 2. The first-order valence-electron chi connectivity index (χ1n) is 9.44. The van der Waals surface area contributed by atoms with Gasteiger partial charge in [0.05, 0.1) is 11.4 Å². The standard InChI is InChI=1S/C22H21ClFN3O/c23-17-5-8-19(20(24)15-17)22-10-9-21(25-26-22)16-3-6-18(7-4-16)28-14-13-27-11-1-2-12-27/h3-10,15H,1-2,11-14H2. The van der Waals surface area contributed by atoms with Gasteiger partial charge in [-0.05, 0) is 80.5 Å². The van der Waals surface area contributed by atoms with Crippen LogP contribution in [0.5, 0.6) is 5.75 Å². The second-order valence-corrected chi connectivity index (χ2v) is 7.29. The third kappa shape index (κ3) is 4.49. The number of rotatable bonds is 6. The summed E-state index contributed by atoms with van der Waals surface area (Å²) in [7, 11) is 0. The lowest BCUT2D eigenvalue weighted by atomic mass is 10.1. The predicted octanol–water partition coefficient (Wildman–Crippen LogP) is 5.08. The Kier molecular flexibility index (Phi) is 5.84. The summed E-state index contributed by atoms with van der Waals surface area (Å²) in [4.78, 5) is 2.43. The van der Waals surface area contributed by atoms with Crippen LogP contribution in [-0.4, -0.2) is 41.3 Å². The van der Waals surface area contributed by atoms with Crippen LogP contribution in [0, 0.1) is 5.82 Å². The molecule has 0 unspecified atom stereocenters. The number of hydrogen-bond acceptors (Lipinski definition) is 4. The van der Waals surface area contributed by atoms with E-state index >= 15 is 0 Å². The fourth-order valence-corrected chi connectivity index (χ4v) is 3.51. The molecule has 2 aromatic carbocycles. The highest BCUT2D eigenvalue weighted by Crippen LogP contribution is 2.26. The van der Waals surface area contributed by atoms with E-state index in [9.17, 15) is 4.39 Å². The van der Waals surface area contributed by atoms with E-state index in [0.717, 1.165) is 23.6 Å². The predicted molar refractivity (Wildman–Crippen MR) is 109 cm³/mol. The van der Waals surface area contributed by atoms with E-state index in [1.54, 1.807) is 18.2 Å². The van der Waals surface area contributed by atoms with Gasteiger partial charge in [-0.25, -0.2) is 4.39 Å². The first kappa shape index (κ1) is 18.8. The second kappa shape index (κ2) is 8.67.